The van der Waals surface area contributed by atoms with E-state index in [2.05, 4.69) is 5.10 Å². The number of nitrogens with zero attached hydrogens (tertiary/aromatic N) is 2. The van der Waals surface area contributed by atoms with E-state index < -0.39 is 5.51 Å². The molecule has 0 spiro atoms. The molecule has 0 saturated carbocycles. The fourth-order valence-electron chi connectivity index (χ4n) is 1.21. The van der Waals surface area contributed by atoms with E-state index in [0.717, 1.165) is 5.69 Å². The Morgan fingerprint density at radius 2 is 1.81 bits per heavy atom. The molecule has 0 unspecified atom stereocenters. The summed E-state index contributed by atoms with van der Waals surface area (Å²) in [6, 6.07) is 8.98. The normalized spacial score (nSPS) is 11.7. The van der Waals surface area contributed by atoms with E-state index in [1.165, 1.54) is 17.1 Å². The summed E-state index contributed by atoms with van der Waals surface area (Å²) in [4.78, 5) is 0.0800. The van der Waals surface area contributed by atoms with E-state index in [0.29, 0.717) is 0 Å². The number of alkyl halides is 3. The highest BCUT2D eigenvalue weighted by Gasteiger charge is 2.29. The molecule has 2 nitrogen and oxygen atoms in total. The second-order valence-electron chi connectivity index (χ2n) is 3.00. The van der Waals surface area contributed by atoms with E-state index in [-0.39, 0.29) is 16.7 Å². The molecule has 1 heterocycles. The monoisotopic (exact) mass is 244 g/mol. The van der Waals surface area contributed by atoms with Gasteiger partial charge in [0.05, 0.1) is 16.8 Å². The molecule has 0 N–H and O–H groups in total. The van der Waals surface area contributed by atoms with Crippen molar-refractivity contribution in [2.24, 2.45) is 0 Å². The minimum absolute atomic E-state index is 0.0800. The summed E-state index contributed by atoms with van der Waals surface area (Å²) in [7, 11) is 0. The Labute approximate surface area is 94.1 Å². The van der Waals surface area contributed by atoms with Crippen LogP contribution in [0.5, 0.6) is 0 Å². The molecule has 0 aliphatic carbocycles. The maximum absolute atomic E-state index is 12.1. The van der Waals surface area contributed by atoms with Gasteiger partial charge in [0, 0.05) is 6.20 Å². The van der Waals surface area contributed by atoms with Gasteiger partial charge in [0.1, 0.15) is 0 Å². The van der Waals surface area contributed by atoms with Gasteiger partial charge in [-0.25, -0.2) is 4.68 Å². The number of thioether (sulfide) groups is 1. The first kappa shape index (κ1) is 11.1. The zero-order valence-electron chi connectivity index (χ0n) is 7.98. The molecule has 0 fully saturated rings. The van der Waals surface area contributed by atoms with Crippen LogP contribution in [0.4, 0.5) is 13.2 Å². The molecule has 0 aliphatic heterocycles. The minimum Gasteiger partial charge on any atom is -0.240 e. The summed E-state index contributed by atoms with van der Waals surface area (Å²) < 4.78 is 37.6. The third kappa shape index (κ3) is 2.79. The molecule has 0 atom stereocenters. The minimum atomic E-state index is -4.27. The molecule has 1 aromatic carbocycles. The van der Waals surface area contributed by atoms with Gasteiger partial charge < -0.3 is 0 Å². The van der Waals surface area contributed by atoms with Gasteiger partial charge in [0.2, 0.25) is 0 Å². The zero-order chi connectivity index (χ0) is 11.6. The number of para-hydroxylation sites is 1. The number of hydrogen-bond donors (Lipinski definition) is 0. The summed E-state index contributed by atoms with van der Waals surface area (Å²) in [6.45, 7) is 0. The Hall–Kier alpha value is -1.43. The van der Waals surface area contributed by atoms with Gasteiger partial charge in [-0.2, -0.15) is 18.3 Å². The molecule has 0 saturated heterocycles. The Morgan fingerprint density at radius 3 is 2.44 bits per heavy atom. The first-order chi connectivity index (χ1) is 7.54. The van der Waals surface area contributed by atoms with E-state index in [1.807, 2.05) is 6.07 Å². The molecule has 0 bridgehead atoms. The summed E-state index contributed by atoms with van der Waals surface area (Å²) >= 11 is -0.167. The van der Waals surface area contributed by atoms with Crippen molar-refractivity contribution < 1.29 is 13.2 Å². The van der Waals surface area contributed by atoms with Crippen LogP contribution in [0.2, 0.25) is 0 Å². The van der Waals surface area contributed by atoms with E-state index in [9.17, 15) is 13.2 Å². The molecular weight excluding hydrogens is 237 g/mol. The van der Waals surface area contributed by atoms with Gasteiger partial charge in [-0.15, -0.1) is 0 Å². The van der Waals surface area contributed by atoms with Crippen molar-refractivity contribution in [2.75, 3.05) is 0 Å². The lowest BCUT2D eigenvalue weighted by molar-refractivity contribution is -0.0328. The van der Waals surface area contributed by atoms with Crippen LogP contribution in [-0.4, -0.2) is 15.3 Å². The summed E-state index contributed by atoms with van der Waals surface area (Å²) in [6.07, 6.45) is 2.55. The molecule has 0 radical (unpaired) electrons. The summed E-state index contributed by atoms with van der Waals surface area (Å²) in [5, 5.41) is 3.87. The first-order valence-electron chi connectivity index (χ1n) is 4.40. The van der Waals surface area contributed by atoms with Gasteiger partial charge in [0.25, 0.3) is 0 Å². The van der Waals surface area contributed by atoms with Crippen LogP contribution in [0, 0.1) is 0 Å². The molecule has 84 valence electrons. The Balaban J connectivity index is 2.21. The lowest BCUT2D eigenvalue weighted by atomic mass is 10.3. The van der Waals surface area contributed by atoms with E-state index in [1.54, 1.807) is 24.3 Å². The van der Waals surface area contributed by atoms with Crippen molar-refractivity contribution in [3.63, 3.8) is 0 Å². The molecule has 6 heteroatoms. The van der Waals surface area contributed by atoms with Crippen LogP contribution in [0.15, 0.2) is 47.6 Å². The lowest BCUT2D eigenvalue weighted by Crippen LogP contribution is -1.98. The van der Waals surface area contributed by atoms with Crippen LogP contribution in [-0.2, 0) is 0 Å². The SMILES string of the molecule is FC(F)(F)Sc1cnn(-c2ccccc2)c1. The van der Waals surface area contributed by atoms with Crippen molar-refractivity contribution in [3.8, 4) is 5.69 Å². The number of rotatable bonds is 2. The largest absolute Gasteiger partial charge is 0.446 e. The van der Waals surface area contributed by atoms with Crippen molar-refractivity contribution in [1.82, 2.24) is 9.78 Å². The average Bonchev–Trinajstić information content (AvgIpc) is 2.65. The van der Waals surface area contributed by atoms with Crippen LogP contribution in [0.1, 0.15) is 0 Å². The van der Waals surface area contributed by atoms with Gasteiger partial charge in [-0.05, 0) is 23.9 Å². The Morgan fingerprint density at radius 1 is 1.12 bits per heavy atom. The third-order valence-corrected chi connectivity index (χ3v) is 2.49. The van der Waals surface area contributed by atoms with Gasteiger partial charge in [-0.3, -0.25) is 0 Å². The molecule has 2 aromatic rings. The van der Waals surface area contributed by atoms with Crippen LogP contribution in [0.3, 0.4) is 0 Å². The Bertz CT molecular complexity index is 464. The van der Waals surface area contributed by atoms with Gasteiger partial charge in [-0.1, -0.05) is 18.2 Å². The van der Waals surface area contributed by atoms with Crippen molar-refractivity contribution in [2.45, 2.75) is 10.4 Å². The van der Waals surface area contributed by atoms with Crippen LogP contribution in [0.25, 0.3) is 5.69 Å². The first-order valence-corrected chi connectivity index (χ1v) is 5.22. The van der Waals surface area contributed by atoms with Crippen molar-refractivity contribution in [1.29, 1.82) is 0 Å². The number of hydrogen-bond acceptors (Lipinski definition) is 2. The number of aromatic nitrogens is 2. The van der Waals surface area contributed by atoms with Gasteiger partial charge >= 0.3 is 5.51 Å². The molecule has 16 heavy (non-hydrogen) atoms. The maximum atomic E-state index is 12.1. The summed E-state index contributed by atoms with van der Waals surface area (Å²) in [5.74, 6) is 0. The second-order valence-corrected chi connectivity index (χ2v) is 4.14. The van der Waals surface area contributed by atoms with Gasteiger partial charge in [0.15, 0.2) is 0 Å². The highest BCUT2D eigenvalue weighted by molar-refractivity contribution is 8.00. The number of halogens is 3. The maximum Gasteiger partial charge on any atom is 0.446 e. The fourth-order valence-corrected chi connectivity index (χ4v) is 1.73. The highest BCUT2D eigenvalue weighted by Crippen LogP contribution is 2.36. The molecule has 0 amide bonds. The smallest absolute Gasteiger partial charge is 0.240 e. The standard InChI is InChI=1S/C10H7F3N2S/c11-10(12,13)16-9-6-14-15(7-9)8-4-2-1-3-5-8/h1-7H. The predicted molar refractivity (Wildman–Crippen MR) is 55.5 cm³/mol. The average molecular weight is 244 g/mol. The third-order valence-electron chi connectivity index (χ3n) is 1.81. The second kappa shape index (κ2) is 4.21. The van der Waals surface area contributed by atoms with Crippen LogP contribution < -0.4 is 0 Å². The van der Waals surface area contributed by atoms with Crippen molar-refractivity contribution >= 4 is 11.8 Å². The Kier molecular flexibility index (Phi) is 2.91. The molecule has 0 aliphatic rings. The van der Waals surface area contributed by atoms with E-state index >= 15 is 0 Å². The predicted octanol–water partition coefficient (Wildman–Crippen LogP) is 3.48. The lowest BCUT2D eigenvalue weighted by Gasteiger charge is -2.01. The quantitative estimate of drug-likeness (QED) is 0.752. The summed E-state index contributed by atoms with van der Waals surface area (Å²) in [5.41, 5.74) is -3.54. The molecule has 2 rings (SSSR count). The molecular formula is C10H7F3N2S. The topological polar surface area (TPSA) is 17.8 Å². The molecule has 1 aromatic heterocycles. The number of benzene rings is 1. The zero-order valence-corrected chi connectivity index (χ0v) is 8.79. The highest BCUT2D eigenvalue weighted by atomic mass is 32.2. The van der Waals surface area contributed by atoms with E-state index in [4.69, 9.17) is 0 Å². The van der Waals surface area contributed by atoms with Crippen LogP contribution >= 0.6 is 11.8 Å². The fraction of sp³-hybridized carbons (Fsp3) is 0.100. The van der Waals surface area contributed by atoms with Crippen molar-refractivity contribution in [3.05, 3.63) is 42.7 Å².